The van der Waals surface area contributed by atoms with Crippen LogP contribution in [-0.4, -0.2) is 31.5 Å². The van der Waals surface area contributed by atoms with Crippen molar-refractivity contribution in [2.24, 2.45) is 0 Å². The second-order valence-corrected chi connectivity index (χ2v) is 7.37. The standard InChI is InChI=1S/C24H28N2O2/c1-17-7-5-6-8-23(17)18(2)25-24(27)16-26(3)15-19-9-10-21-14-22(28-4)12-11-20(21)13-19/h5-14,18H,15-16H2,1-4H3,(H,25,27). The lowest BCUT2D eigenvalue weighted by Crippen LogP contribution is -2.36. The minimum Gasteiger partial charge on any atom is -0.497 e. The van der Waals surface area contributed by atoms with Crippen molar-refractivity contribution in [1.82, 2.24) is 10.2 Å². The molecule has 0 aliphatic rings. The summed E-state index contributed by atoms with van der Waals surface area (Å²) in [6.07, 6.45) is 0. The van der Waals surface area contributed by atoms with Crippen LogP contribution in [0.2, 0.25) is 0 Å². The van der Waals surface area contributed by atoms with Crippen LogP contribution in [0, 0.1) is 6.92 Å². The number of nitrogens with one attached hydrogen (secondary N) is 1. The SMILES string of the molecule is COc1ccc2cc(CN(C)CC(=O)NC(C)c3ccccc3C)ccc2c1. The van der Waals surface area contributed by atoms with Crippen molar-refractivity contribution in [3.8, 4) is 5.75 Å². The van der Waals surface area contributed by atoms with E-state index in [4.69, 9.17) is 4.74 Å². The van der Waals surface area contributed by atoms with Crippen molar-refractivity contribution in [3.05, 3.63) is 77.4 Å². The fourth-order valence-electron chi connectivity index (χ4n) is 3.55. The van der Waals surface area contributed by atoms with E-state index in [0.717, 1.165) is 16.7 Å². The van der Waals surface area contributed by atoms with Gasteiger partial charge in [-0.3, -0.25) is 9.69 Å². The maximum Gasteiger partial charge on any atom is 0.234 e. The summed E-state index contributed by atoms with van der Waals surface area (Å²) in [5.74, 6) is 0.889. The highest BCUT2D eigenvalue weighted by Crippen LogP contribution is 2.22. The Morgan fingerprint density at radius 2 is 1.79 bits per heavy atom. The van der Waals surface area contributed by atoms with Crippen LogP contribution in [0.5, 0.6) is 5.75 Å². The number of rotatable bonds is 7. The second-order valence-electron chi connectivity index (χ2n) is 7.37. The van der Waals surface area contributed by atoms with Gasteiger partial charge in [0, 0.05) is 6.54 Å². The van der Waals surface area contributed by atoms with Gasteiger partial charge in [0.05, 0.1) is 19.7 Å². The van der Waals surface area contributed by atoms with Crippen LogP contribution < -0.4 is 10.1 Å². The number of hydrogen-bond acceptors (Lipinski definition) is 3. The van der Waals surface area contributed by atoms with Crippen LogP contribution in [0.25, 0.3) is 10.8 Å². The molecule has 0 saturated carbocycles. The van der Waals surface area contributed by atoms with E-state index in [-0.39, 0.29) is 11.9 Å². The Hall–Kier alpha value is -2.85. The molecule has 1 unspecified atom stereocenters. The van der Waals surface area contributed by atoms with Crippen molar-refractivity contribution >= 4 is 16.7 Å². The van der Waals surface area contributed by atoms with Crippen LogP contribution >= 0.6 is 0 Å². The summed E-state index contributed by atoms with van der Waals surface area (Å²) in [6.45, 7) is 5.17. The molecule has 0 aliphatic heterocycles. The number of amides is 1. The molecule has 0 saturated heterocycles. The van der Waals surface area contributed by atoms with Crippen molar-refractivity contribution in [2.75, 3.05) is 20.7 Å². The fourth-order valence-corrected chi connectivity index (χ4v) is 3.55. The number of nitrogens with zero attached hydrogens (tertiary/aromatic N) is 1. The topological polar surface area (TPSA) is 41.6 Å². The number of carbonyl (C=O) groups excluding carboxylic acids is 1. The third-order valence-electron chi connectivity index (χ3n) is 5.01. The molecule has 3 rings (SSSR count). The van der Waals surface area contributed by atoms with Crippen molar-refractivity contribution in [1.29, 1.82) is 0 Å². The van der Waals surface area contributed by atoms with Gasteiger partial charge in [-0.2, -0.15) is 0 Å². The van der Waals surface area contributed by atoms with E-state index in [2.05, 4.69) is 48.6 Å². The summed E-state index contributed by atoms with van der Waals surface area (Å²) in [5, 5.41) is 5.42. The molecule has 0 aliphatic carbocycles. The summed E-state index contributed by atoms with van der Waals surface area (Å²) >= 11 is 0. The molecule has 3 aromatic rings. The molecule has 4 heteroatoms. The number of carbonyl (C=O) groups is 1. The van der Waals surface area contributed by atoms with Crippen LogP contribution in [0.15, 0.2) is 60.7 Å². The van der Waals surface area contributed by atoms with E-state index in [0.29, 0.717) is 13.1 Å². The Balaban J connectivity index is 1.58. The zero-order valence-corrected chi connectivity index (χ0v) is 17.0. The molecule has 1 atom stereocenters. The summed E-state index contributed by atoms with van der Waals surface area (Å²) in [5.41, 5.74) is 3.53. The van der Waals surface area contributed by atoms with Crippen LogP contribution in [0.1, 0.15) is 29.7 Å². The number of ether oxygens (including phenoxy) is 1. The van der Waals surface area contributed by atoms with Gasteiger partial charge in [-0.15, -0.1) is 0 Å². The van der Waals surface area contributed by atoms with E-state index >= 15 is 0 Å². The second kappa shape index (κ2) is 8.89. The number of hydrogen-bond donors (Lipinski definition) is 1. The van der Waals surface area contributed by atoms with E-state index < -0.39 is 0 Å². The lowest BCUT2D eigenvalue weighted by atomic mass is 10.0. The minimum atomic E-state index is -0.00208. The molecular weight excluding hydrogens is 348 g/mol. The third-order valence-corrected chi connectivity index (χ3v) is 5.01. The monoisotopic (exact) mass is 376 g/mol. The quantitative estimate of drug-likeness (QED) is 0.662. The molecule has 146 valence electrons. The highest BCUT2D eigenvalue weighted by atomic mass is 16.5. The van der Waals surface area contributed by atoms with Gasteiger partial charge in [0.2, 0.25) is 5.91 Å². The molecule has 0 fully saturated rings. The van der Waals surface area contributed by atoms with E-state index in [1.165, 1.54) is 16.5 Å². The Bertz CT molecular complexity index is 968. The highest BCUT2D eigenvalue weighted by molar-refractivity contribution is 5.84. The van der Waals surface area contributed by atoms with E-state index in [9.17, 15) is 4.79 Å². The zero-order valence-electron chi connectivity index (χ0n) is 17.0. The lowest BCUT2D eigenvalue weighted by Gasteiger charge is -2.20. The maximum atomic E-state index is 12.5. The molecule has 0 aromatic heterocycles. The van der Waals surface area contributed by atoms with Crippen LogP contribution in [0.3, 0.4) is 0 Å². The van der Waals surface area contributed by atoms with E-state index in [1.54, 1.807) is 7.11 Å². The predicted octanol–water partition coefficient (Wildman–Crippen LogP) is 4.47. The molecule has 3 aromatic carbocycles. The van der Waals surface area contributed by atoms with Gasteiger partial charge < -0.3 is 10.1 Å². The molecule has 28 heavy (non-hydrogen) atoms. The summed E-state index contributed by atoms with van der Waals surface area (Å²) < 4.78 is 5.28. The average molecular weight is 377 g/mol. The lowest BCUT2D eigenvalue weighted by molar-refractivity contribution is -0.122. The average Bonchev–Trinajstić information content (AvgIpc) is 2.67. The van der Waals surface area contributed by atoms with Gasteiger partial charge in [-0.05, 0) is 66.6 Å². The van der Waals surface area contributed by atoms with Crippen molar-refractivity contribution in [2.45, 2.75) is 26.4 Å². The highest BCUT2D eigenvalue weighted by Gasteiger charge is 2.13. The molecule has 4 nitrogen and oxygen atoms in total. The molecule has 0 bridgehead atoms. The van der Waals surface area contributed by atoms with Gasteiger partial charge in [-0.25, -0.2) is 0 Å². The Morgan fingerprint density at radius 3 is 2.54 bits per heavy atom. The number of aryl methyl sites for hydroxylation is 1. The summed E-state index contributed by atoms with van der Waals surface area (Å²) in [6, 6.07) is 20.6. The van der Waals surface area contributed by atoms with Gasteiger partial charge in [0.25, 0.3) is 0 Å². The van der Waals surface area contributed by atoms with Gasteiger partial charge in [-0.1, -0.05) is 42.5 Å². The Kier molecular flexibility index (Phi) is 6.32. The first-order valence-corrected chi connectivity index (χ1v) is 9.56. The van der Waals surface area contributed by atoms with Gasteiger partial charge in [0.1, 0.15) is 5.75 Å². The van der Waals surface area contributed by atoms with Crippen molar-refractivity contribution in [3.63, 3.8) is 0 Å². The normalized spacial score (nSPS) is 12.2. The molecule has 0 spiro atoms. The van der Waals surface area contributed by atoms with Crippen LogP contribution in [0.4, 0.5) is 0 Å². The Labute approximate surface area is 167 Å². The predicted molar refractivity (Wildman–Crippen MR) is 115 cm³/mol. The summed E-state index contributed by atoms with van der Waals surface area (Å²) in [7, 11) is 3.64. The third kappa shape index (κ3) is 4.90. The molecule has 1 amide bonds. The van der Waals surface area contributed by atoms with Crippen molar-refractivity contribution < 1.29 is 9.53 Å². The smallest absolute Gasteiger partial charge is 0.234 e. The maximum absolute atomic E-state index is 12.5. The first-order chi connectivity index (χ1) is 13.5. The molecule has 1 N–H and O–H groups in total. The number of methoxy groups -OCH3 is 1. The molecule has 0 radical (unpaired) electrons. The van der Waals surface area contributed by atoms with Gasteiger partial charge >= 0.3 is 0 Å². The largest absolute Gasteiger partial charge is 0.497 e. The van der Waals surface area contributed by atoms with E-state index in [1.807, 2.05) is 43.1 Å². The fraction of sp³-hybridized carbons (Fsp3) is 0.292. The molecular formula is C24H28N2O2. The minimum absolute atomic E-state index is 0.00208. The number of fused-ring (bicyclic) bond motifs is 1. The number of likely N-dealkylation sites (N-methyl/N-ethyl adjacent to an activating group) is 1. The van der Waals surface area contributed by atoms with Crippen LogP contribution in [-0.2, 0) is 11.3 Å². The molecule has 0 heterocycles. The first kappa shape index (κ1) is 19.9. The summed E-state index contributed by atoms with van der Waals surface area (Å²) in [4.78, 5) is 14.5. The van der Waals surface area contributed by atoms with Gasteiger partial charge in [0.15, 0.2) is 0 Å². The number of benzene rings is 3. The zero-order chi connectivity index (χ0) is 20.1. The first-order valence-electron chi connectivity index (χ1n) is 9.56. The Morgan fingerprint density at radius 1 is 1.07 bits per heavy atom.